The van der Waals surface area contributed by atoms with Crippen molar-refractivity contribution in [2.24, 2.45) is 0 Å². The number of hydrogen-bond donors (Lipinski definition) is 2. The Morgan fingerprint density at radius 3 is 2.79 bits per heavy atom. The summed E-state index contributed by atoms with van der Waals surface area (Å²) in [5.41, 5.74) is 5.69. The fourth-order valence-electron chi connectivity index (χ4n) is 2.54. The minimum absolute atomic E-state index is 0.00289. The smallest absolute Gasteiger partial charge is 0.369 e. The lowest BCUT2D eigenvalue weighted by atomic mass is 10.3. The molecule has 3 N–H and O–H groups in total. The Kier molecular flexibility index (Phi) is 6.35. The highest BCUT2D eigenvalue weighted by Gasteiger charge is 2.26. The first-order valence-electron chi connectivity index (χ1n) is 8.69. The predicted molar refractivity (Wildman–Crippen MR) is 103 cm³/mol. The molecule has 3 atom stereocenters. The van der Waals surface area contributed by atoms with Crippen molar-refractivity contribution in [1.82, 2.24) is 19.5 Å². The fraction of sp³-hybridized carbons (Fsp3) is 0.353. The van der Waals surface area contributed by atoms with Crippen LogP contribution < -0.4 is 15.8 Å². The number of nitrogens with zero attached hydrogens (tertiary/aromatic N) is 3. The van der Waals surface area contributed by atoms with Gasteiger partial charge in [-0.3, -0.25) is 14.3 Å². The molecule has 2 heterocycles. The van der Waals surface area contributed by atoms with Gasteiger partial charge in [-0.15, -0.1) is 4.52 Å². The molecular weight excluding hydrogens is 385 g/mol. The summed E-state index contributed by atoms with van der Waals surface area (Å²) in [4.78, 5) is 22.5. The minimum Gasteiger partial charge on any atom is -0.369 e. The van der Waals surface area contributed by atoms with Crippen molar-refractivity contribution in [1.29, 1.82) is 0 Å². The highest BCUT2D eigenvalue weighted by molar-refractivity contribution is 7.33. The van der Waals surface area contributed by atoms with Crippen LogP contribution in [0.5, 0.6) is 5.75 Å². The Morgan fingerprint density at radius 1 is 1.32 bits per heavy atom. The predicted octanol–water partition coefficient (Wildman–Crippen LogP) is 2.77. The van der Waals surface area contributed by atoms with Gasteiger partial charge in [0.25, 0.3) is 5.56 Å². The number of hydrogen-bond acceptors (Lipinski definition) is 8. The third kappa shape index (κ3) is 4.72. The molecule has 3 rings (SSSR count). The zero-order valence-corrected chi connectivity index (χ0v) is 16.3. The summed E-state index contributed by atoms with van der Waals surface area (Å²) in [5.74, 6) is 0.460. The molecule has 148 valence electrons. The average Bonchev–Trinajstić information content (AvgIpc) is 3.10. The lowest BCUT2D eigenvalue weighted by Gasteiger charge is -2.20. The number of anilines is 1. The lowest BCUT2D eigenvalue weighted by molar-refractivity contribution is -0.0604. The number of rotatable bonds is 9. The molecule has 0 aliphatic heterocycles. The maximum Gasteiger partial charge on any atom is 0.750 e. The number of H-pyrrole nitrogens is 1. The molecule has 28 heavy (non-hydrogen) atoms. The summed E-state index contributed by atoms with van der Waals surface area (Å²) < 4.78 is 30.0. The largest absolute Gasteiger partial charge is 0.750 e. The van der Waals surface area contributed by atoms with Crippen LogP contribution in [0.2, 0.25) is 0 Å². The molecule has 2 aromatic heterocycles. The topological polar surface area (TPSA) is 134 Å². The molecule has 3 unspecified atom stereocenters. The van der Waals surface area contributed by atoms with Gasteiger partial charge in [0.1, 0.15) is 12.8 Å². The number of aromatic nitrogens is 4. The zero-order valence-electron chi connectivity index (χ0n) is 15.4. The third-order valence-corrected chi connectivity index (χ3v) is 4.70. The molecule has 10 nitrogen and oxygen atoms in total. The molecule has 0 fully saturated rings. The molecule has 0 aliphatic carbocycles. The van der Waals surface area contributed by atoms with Crippen molar-refractivity contribution in [3.05, 3.63) is 47.0 Å². The Hall–Kier alpha value is -2.81. The third-order valence-electron chi connectivity index (χ3n) is 3.98. The SMILES string of the molecule is CCC(CO[P+](=O)Oc1ccccc1)OC(C)n1cnc2c(=O)[nH]c(N)nc21. The zero-order chi connectivity index (χ0) is 20.1. The van der Waals surface area contributed by atoms with E-state index in [1.165, 1.54) is 6.33 Å². The summed E-state index contributed by atoms with van der Waals surface area (Å²) in [6.07, 6.45) is 1.22. The average molecular weight is 406 g/mol. The molecule has 0 radical (unpaired) electrons. The summed E-state index contributed by atoms with van der Waals surface area (Å²) in [5, 5.41) is 0. The van der Waals surface area contributed by atoms with Crippen LogP contribution in [0.25, 0.3) is 11.2 Å². The number of imidazole rings is 1. The van der Waals surface area contributed by atoms with E-state index >= 15 is 0 Å². The maximum absolute atomic E-state index is 12.0. The van der Waals surface area contributed by atoms with E-state index < -0.39 is 20.0 Å². The van der Waals surface area contributed by atoms with E-state index in [2.05, 4.69) is 15.0 Å². The molecule has 0 bridgehead atoms. The van der Waals surface area contributed by atoms with E-state index in [4.69, 9.17) is 19.5 Å². The van der Waals surface area contributed by atoms with E-state index in [0.29, 0.717) is 17.8 Å². The van der Waals surface area contributed by atoms with Gasteiger partial charge in [0.15, 0.2) is 16.9 Å². The van der Waals surface area contributed by atoms with Crippen LogP contribution in [0.3, 0.4) is 0 Å². The molecule has 0 saturated carbocycles. The van der Waals surface area contributed by atoms with Crippen molar-refractivity contribution in [3.63, 3.8) is 0 Å². The highest BCUT2D eigenvalue weighted by atomic mass is 31.1. The first-order chi connectivity index (χ1) is 13.5. The van der Waals surface area contributed by atoms with Gasteiger partial charge in [-0.1, -0.05) is 25.1 Å². The van der Waals surface area contributed by atoms with Crippen LogP contribution in [-0.2, 0) is 13.8 Å². The molecule has 11 heteroatoms. The Balaban J connectivity index is 1.61. The summed E-state index contributed by atoms with van der Waals surface area (Å²) >= 11 is 0. The van der Waals surface area contributed by atoms with Gasteiger partial charge in [0.05, 0.1) is 12.4 Å². The first-order valence-corrected chi connectivity index (χ1v) is 9.78. The molecular formula is C17H21N5O5P+. The molecule has 0 amide bonds. The van der Waals surface area contributed by atoms with Gasteiger partial charge in [0, 0.05) is 4.57 Å². The van der Waals surface area contributed by atoms with E-state index in [1.807, 2.05) is 13.0 Å². The van der Waals surface area contributed by atoms with Crippen LogP contribution in [0.1, 0.15) is 26.5 Å². The van der Waals surface area contributed by atoms with Crippen molar-refractivity contribution in [2.75, 3.05) is 12.3 Å². The summed E-state index contributed by atoms with van der Waals surface area (Å²) in [6, 6.07) is 8.77. The lowest BCUT2D eigenvalue weighted by Crippen LogP contribution is -2.23. The van der Waals surface area contributed by atoms with Gasteiger partial charge in [-0.2, -0.15) is 4.98 Å². The van der Waals surface area contributed by atoms with Crippen molar-refractivity contribution >= 4 is 25.4 Å². The number of nitrogens with one attached hydrogen (secondary N) is 1. The van der Waals surface area contributed by atoms with Crippen molar-refractivity contribution in [2.45, 2.75) is 32.6 Å². The van der Waals surface area contributed by atoms with Gasteiger partial charge in [-0.05, 0) is 25.5 Å². The quantitative estimate of drug-likeness (QED) is 0.518. The number of nitrogens with two attached hydrogens (primary N) is 1. The van der Waals surface area contributed by atoms with Crippen LogP contribution in [0.15, 0.2) is 41.5 Å². The number of nitrogen functional groups attached to an aromatic ring is 1. The van der Waals surface area contributed by atoms with Crippen LogP contribution >= 0.6 is 8.25 Å². The number of benzene rings is 1. The Bertz CT molecular complexity index is 1010. The van der Waals surface area contributed by atoms with E-state index in [9.17, 15) is 9.36 Å². The second kappa shape index (κ2) is 8.92. The van der Waals surface area contributed by atoms with Gasteiger partial charge in [0.2, 0.25) is 5.95 Å². The molecule has 0 aliphatic rings. The summed E-state index contributed by atoms with van der Waals surface area (Å²) in [6.45, 7) is 3.77. The molecule has 0 saturated heterocycles. The Labute approximate surface area is 161 Å². The second-order valence-electron chi connectivity index (χ2n) is 5.96. The van der Waals surface area contributed by atoms with E-state index in [0.717, 1.165) is 0 Å². The first kappa shape index (κ1) is 19.9. The summed E-state index contributed by atoms with van der Waals surface area (Å²) in [7, 11) is -2.33. The van der Waals surface area contributed by atoms with Crippen LogP contribution in [0.4, 0.5) is 5.95 Å². The number of para-hydroxylation sites is 1. The number of ether oxygens (including phenoxy) is 1. The monoisotopic (exact) mass is 406 g/mol. The Morgan fingerprint density at radius 2 is 2.07 bits per heavy atom. The van der Waals surface area contributed by atoms with Crippen molar-refractivity contribution < 1.29 is 18.3 Å². The maximum atomic E-state index is 12.0. The number of fused-ring (bicyclic) bond motifs is 1. The van der Waals surface area contributed by atoms with Crippen LogP contribution in [0, 0.1) is 0 Å². The van der Waals surface area contributed by atoms with E-state index in [-0.39, 0.29) is 24.2 Å². The highest BCUT2D eigenvalue weighted by Crippen LogP contribution is 2.28. The van der Waals surface area contributed by atoms with Gasteiger partial charge in [-0.25, -0.2) is 9.51 Å². The van der Waals surface area contributed by atoms with Crippen molar-refractivity contribution in [3.8, 4) is 5.75 Å². The van der Waals surface area contributed by atoms with Gasteiger partial charge >= 0.3 is 8.25 Å². The van der Waals surface area contributed by atoms with Gasteiger partial charge < -0.3 is 10.5 Å². The number of aromatic amines is 1. The van der Waals surface area contributed by atoms with E-state index in [1.54, 1.807) is 35.8 Å². The van der Waals surface area contributed by atoms with Crippen LogP contribution in [-0.4, -0.2) is 32.2 Å². The standard InChI is InChI=1S/C17H20N5O5P/c1-3-12(9-25-28(24)27-13-7-5-4-6-8-13)26-11(2)22-10-19-14-15(22)20-17(18)21-16(14)23/h4-8,10-12H,3,9H2,1-2H3,(H2-,18,20,21,23)/p+1. The fourth-order valence-corrected chi connectivity index (χ4v) is 3.18. The molecule has 3 aromatic rings. The molecule has 1 aromatic carbocycles. The molecule has 0 spiro atoms. The second-order valence-corrected chi connectivity index (χ2v) is 6.85. The minimum atomic E-state index is -2.33. The normalized spacial score (nSPS) is 14.0.